The van der Waals surface area contributed by atoms with Crippen molar-refractivity contribution in [3.63, 3.8) is 0 Å². The highest BCUT2D eigenvalue weighted by molar-refractivity contribution is 7.15. The van der Waals surface area contributed by atoms with E-state index in [1.807, 2.05) is 44.2 Å². The third-order valence-electron chi connectivity index (χ3n) is 5.03. The lowest BCUT2D eigenvalue weighted by Gasteiger charge is -2.33. The summed E-state index contributed by atoms with van der Waals surface area (Å²) in [6.07, 6.45) is 5.21. The summed E-state index contributed by atoms with van der Waals surface area (Å²) in [4.78, 5) is 32.6. The van der Waals surface area contributed by atoms with Crippen LogP contribution >= 0.6 is 11.3 Å². The Morgan fingerprint density at radius 1 is 1.18 bits per heavy atom. The number of amides is 2. The SMILES string of the molecule is Cc1nc(NC(=O)CN(C(=O)COc2ccccc2)C2CCCCC2)sc1C. The minimum Gasteiger partial charge on any atom is -0.484 e. The zero-order valence-electron chi connectivity index (χ0n) is 16.4. The van der Waals surface area contributed by atoms with Crippen molar-refractivity contribution in [1.29, 1.82) is 0 Å². The number of aromatic nitrogens is 1. The number of aryl methyl sites for hydroxylation is 2. The molecule has 3 rings (SSSR count). The Hall–Kier alpha value is -2.41. The first-order valence-corrected chi connectivity index (χ1v) is 10.6. The Morgan fingerprint density at radius 3 is 2.54 bits per heavy atom. The van der Waals surface area contributed by atoms with E-state index in [1.165, 1.54) is 17.8 Å². The van der Waals surface area contributed by atoms with Crippen molar-refractivity contribution >= 4 is 28.3 Å². The summed E-state index contributed by atoms with van der Waals surface area (Å²) in [7, 11) is 0. The fourth-order valence-corrected chi connectivity index (χ4v) is 4.23. The average molecular weight is 402 g/mol. The van der Waals surface area contributed by atoms with E-state index in [-0.39, 0.29) is 31.0 Å². The molecule has 1 aliphatic rings. The normalized spacial score (nSPS) is 14.5. The van der Waals surface area contributed by atoms with Gasteiger partial charge in [-0.3, -0.25) is 9.59 Å². The van der Waals surface area contributed by atoms with Crippen molar-refractivity contribution in [2.24, 2.45) is 0 Å². The van der Waals surface area contributed by atoms with Gasteiger partial charge in [-0.2, -0.15) is 0 Å². The van der Waals surface area contributed by atoms with Crippen molar-refractivity contribution in [3.05, 3.63) is 40.9 Å². The monoisotopic (exact) mass is 401 g/mol. The van der Waals surface area contributed by atoms with Crippen molar-refractivity contribution in [2.45, 2.75) is 52.0 Å². The number of benzene rings is 1. The molecule has 0 spiro atoms. The quantitative estimate of drug-likeness (QED) is 0.763. The van der Waals surface area contributed by atoms with E-state index in [0.29, 0.717) is 10.9 Å². The molecule has 1 aromatic carbocycles. The Labute approximate surface area is 169 Å². The largest absolute Gasteiger partial charge is 0.484 e. The molecule has 1 fully saturated rings. The van der Waals surface area contributed by atoms with E-state index >= 15 is 0 Å². The van der Waals surface area contributed by atoms with Crippen LogP contribution in [0.25, 0.3) is 0 Å². The van der Waals surface area contributed by atoms with Crippen LogP contribution < -0.4 is 10.1 Å². The Bertz CT molecular complexity index is 781. The van der Waals surface area contributed by atoms with Gasteiger partial charge in [0.2, 0.25) is 5.91 Å². The summed E-state index contributed by atoms with van der Waals surface area (Å²) in [6.45, 7) is 3.85. The van der Waals surface area contributed by atoms with Crippen LogP contribution in [0.3, 0.4) is 0 Å². The van der Waals surface area contributed by atoms with Crippen LogP contribution in [0, 0.1) is 13.8 Å². The van der Waals surface area contributed by atoms with Crippen LogP contribution in [0.15, 0.2) is 30.3 Å². The minimum atomic E-state index is -0.215. The lowest BCUT2D eigenvalue weighted by molar-refractivity contribution is -0.139. The molecule has 0 bridgehead atoms. The molecule has 0 unspecified atom stereocenters. The van der Waals surface area contributed by atoms with Gasteiger partial charge in [-0.05, 0) is 38.8 Å². The number of ether oxygens (including phenoxy) is 1. The molecule has 0 radical (unpaired) electrons. The third kappa shape index (κ3) is 5.55. The van der Waals surface area contributed by atoms with Crippen LogP contribution in [0.1, 0.15) is 42.7 Å². The summed E-state index contributed by atoms with van der Waals surface area (Å²) in [5.41, 5.74) is 0.914. The summed E-state index contributed by atoms with van der Waals surface area (Å²) in [5, 5.41) is 3.42. The molecule has 1 N–H and O–H groups in total. The number of nitrogens with zero attached hydrogens (tertiary/aromatic N) is 2. The lowest BCUT2D eigenvalue weighted by atomic mass is 9.94. The van der Waals surface area contributed by atoms with Gasteiger partial charge in [-0.1, -0.05) is 37.5 Å². The molecular formula is C21H27N3O3S. The average Bonchev–Trinajstić information content (AvgIpc) is 3.02. The molecule has 28 heavy (non-hydrogen) atoms. The van der Waals surface area contributed by atoms with Crippen LogP contribution in [0.4, 0.5) is 5.13 Å². The van der Waals surface area contributed by atoms with E-state index in [4.69, 9.17) is 4.74 Å². The highest BCUT2D eigenvalue weighted by atomic mass is 32.1. The zero-order chi connectivity index (χ0) is 19.9. The summed E-state index contributed by atoms with van der Waals surface area (Å²) in [5.74, 6) is 0.280. The highest BCUT2D eigenvalue weighted by Gasteiger charge is 2.28. The fourth-order valence-electron chi connectivity index (χ4n) is 3.40. The molecule has 2 amide bonds. The van der Waals surface area contributed by atoms with Gasteiger partial charge in [-0.15, -0.1) is 11.3 Å². The molecule has 1 saturated carbocycles. The van der Waals surface area contributed by atoms with E-state index in [1.54, 1.807) is 4.90 Å². The molecule has 0 atom stereocenters. The molecular weight excluding hydrogens is 374 g/mol. The maximum atomic E-state index is 12.9. The second-order valence-corrected chi connectivity index (χ2v) is 8.33. The van der Waals surface area contributed by atoms with E-state index in [0.717, 1.165) is 36.3 Å². The number of rotatable bonds is 7. The lowest BCUT2D eigenvalue weighted by Crippen LogP contribution is -2.47. The van der Waals surface area contributed by atoms with Crippen molar-refractivity contribution in [2.75, 3.05) is 18.5 Å². The predicted octanol–water partition coefficient (Wildman–Crippen LogP) is 3.94. The van der Waals surface area contributed by atoms with E-state index < -0.39 is 0 Å². The highest BCUT2D eigenvalue weighted by Crippen LogP contribution is 2.24. The number of anilines is 1. The minimum absolute atomic E-state index is 0.0271. The molecule has 0 aliphatic heterocycles. The number of carbonyl (C=O) groups is 2. The first-order valence-electron chi connectivity index (χ1n) is 9.74. The van der Waals surface area contributed by atoms with Gasteiger partial charge in [0, 0.05) is 10.9 Å². The maximum absolute atomic E-state index is 12.9. The third-order valence-corrected chi connectivity index (χ3v) is 6.02. The van der Waals surface area contributed by atoms with Crippen molar-refractivity contribution < 1.29 is 14.3 Å². The molecule has 1 heterocycles. The van der Waals surface area contributed by atoms with Gasteiger partial charge in [-0.25, -0.2) is 4.98 Å². The number of nitrogens with one attached hydrogen (secondary N) is 1. The molecule has 6 nitrogen and oxygen atoms in total. The van der Waals surface area contributed by atoms with Crippen molar-refractivity contribution in [3.8, 4) is 5.75 Å². The van der Waals surface area contributed by atoms with Crippen LogP contribution in [-0.4, -0.2) is 40.9 Å². The second kappa shape index (κ2) is 9.68. The van der Waals surface area contributed by atoms with Gasteiger partial charge in [0.05, 0.1) is 5.69 Å². The van der Waals surface area contributed by atoms with Gasteiger partial charge in [0.1, 0.15) is 12.3 Å². The van der Waals surface area contributed by atoms with Crippen LogP contribution in [0.5, 0.6) is 5.75 Å². The summed E-state index contributed by atoms with van der Waals surface area (Å²) in [6, 6.07) is 9.35. The van der Waals surface area contributed by atoms with Gasteiger partial charge >= 0.3 is 0 Å². The number of para-hydroxylation sites is 1. The smallest absolute Gasteiger partial charge is 0.261 e. The molecule has 1 aromatic heterocycles. The Morgan fingerprint density at radius 2 is 1.89 bits per heavy atom. The first kappa shape index (κ1) is 20.3. The summed E-state index contributed by atoms with van der Waals surface area (Å²) < 4.78 is 5.63. The van der Waals surface area contributed by atoms with Crippen LogP contribution in [0.2, 0.25) is 0 Å². The van der Waals surface area contributed by atoms with E-state index in [2.05, 4.69) is 10.3 Å². The standard InChI is InChI=1S/C21H27N3O3S/c1-15-16(2)28-21(22-15)23-19(25)13-24(17-9-5-3-6-10-17)20(26)14-27-18-11-7-4-8-12-18/h4,7-8,11-12,17H,3,5-6,9-10,13-14H2,1-2H3,(H,22,23,25). The molecule has 150 valence electrons. The number of hydrogen-bond acceptors (Lipinski definition) is 5. The maximum Gasteiger partial charge on any atom is 0.261 e. The fraction of sp³-hybridized carbons (Fsp3) is 0.476. The van der Waals surface area contributed by atoms with Crippen LogP contribution in [-0.2, 0) is 9.59 Å². The molecule has 2 aromatic rings. The van der Waals surface area contributed by atoms with Gasteiger partial charge < -0.3 is 15.0 Å². The molecule has 0 saturated heterocycles. The summed E-state index contributed by atoms with van der Waals surface area (Å²) >= 11 is 1.45. The number of thiazole rings is 1. The Kier molecular flexibility index (Phi) is 7.03. The second-order valence-electron chi connectivity index (χ2n) is 7.12. The van der Waals surface area contributed by atoms with Gasteiger partial charge in [0.25, 0.3) is 5.91 Å². The zero-order valence-corrected chi connectivity index (χ0v) is 17.3. The molecule has 1 aliphatic carbocycles. The first-order chi connectivity index (χ1) is 13.5. The topological polar surface area (TPSA) is 71.5 Å². The number of carbonyl (C=O) groups excluding carboxylic acids is 2. The molecule has 7 heteroatoms. The van der Waals surface area contributed by atoms with E-state index in [9.17, 15) is 9.59 Å². The predicted molar refractivity (Wildman–Crippen MR) is 111 cm³/mol. The Balaban J connectivity index is 1.63. The number of hydrogen-bond donors (Lipinski definition) is 1. The van der Waals surface area contributed by atoms with Gasteiger partial charge in [0.15, 0.2) is 11.7 Å². The van der Waals surface area contributed by atoms with Crippen molar-refractivity contribution in [1.82, 2.24) is 9.88 Å².